The minimum atomic E-state index is 0.0836. The van der Waals surface area contributed by atoms with Crippen LogP contribution in [0.3, 0.4) is 0 Å². The van der Waals surface area contributed by atoms with Gasteiger partial charge < -0.3 is 9.84 Å². The van der Waals surface area contributed by atoms with E-state index in [1.165, 1.54) is 31.2 Å². The summed E-state index contributed by atoms with van der Waals surface area (Å²) in [4.78, 5) is 12.1. The van der Waals surface area contributed by atoms with Crippen molar-refractivity contribution in [3.05, 3.63) is 53.9 Å². The lowest BCUT2D eigenvalue weighted by atomic mass is 9.85. The second-order valence-corrected chi connectivity index (χ2v) is 6.34. The zero-order valence-corrected chi connectivity index (χ0v) is 13.4. The van der Waals surface area contributed by atoms with Crippen LogP contribution in [-0.4, -0.2) is 17.6 Å². The van der Waals surface area contributed by atoms with Crippen LogP contribution in [0.5, 0.6) is 0 Å². The van der Waals surface area contributed by atoms with Gasteiger partial charge in [-0.25, -0.2) is 0 Å². The minimum absolute atomic E-state index is 0.0836. The summed E-state index contributed by atoms with van der Waals surface area (Å²) >= 11 is 0. The van der Waals surface area contributed by atoms with E-state index in [4.69, 9.17) is 4.52 Å². The fraction of sp³-hybridized carbons (Fsp3) is 0.474. The Morgan fingerprint density at radius 2 is 2.00 bits per heavy atom. The van der Waals surface area contributed by atoms with Crippen LogP contribution in [-0.2, 0) is 11.2 Å². The molecule has 1 aromatic heterocycles. The van der Waals surface area contributed by atoms with Crippen molar-refractivity contribution in [2.24, 2.45) is 5.92 Å². The highest BCUT2D eigenvalue weighted by Gasteiger charge is 2.26. The molecule has 0 saturated heterocycles. The van der Waals surface area contributed by atoms with Gasteiger partial charge in [-0.2, -0.15) is 0 Å². The first kappa shape index (κ1) is 15.8. The Morgan fingerprint density at radius 3 is 2.70 bits per heavy atom. The molecule has 1 heterocycles. The standard InChI is InChI=1S/C19H24N2O2/c22-19(11-10-17-12-13-21-23-17)20-14-18(16-8-4-5-9-16)15-6-2-1-3-7-15/h1-3,6-7,12-13,16,18H,4-5,8-11,14H2,(H,20,22). The molecule has 122 valence electrons. The van der Waals surface area contributed by atoms with Gasteiger partial charge in [0.15, 0.2) is 0 Å². The molecule has 1 amide bonds. The first-order valence-corrected chi connectivity index (χ1v) is 8.54. The average Bonchev–Trinajstić information content (AvgIpc) is 3.28. The Morgan fingerprint density at radius 1 is 1.22 bits per heavy atom. The molecule has 1 aliphatic rings. The molecule has 23 heavy (non-hydrogen) atoms. The van der Waals surface area contributed by atoms with Gasteiger partial charge in [0, 0.05) is 31.4 Å². The van der Waals surface area contributed by atoms with Gasteiger partial charge in [-0.1, -0.05) is 48.3 Å². The summed E-state index contributed by atoms with van der Waals surface area (Å²) in [5.74, 6) is 1.95. The molecule has 1 aliphatic carbocycles. The van der Waals surface area contributed by atoms with Gasteiger partial charge >= 0.3 is 0 Å². The van der Waals surface area contributed by atoms with Crippen molar-refractivity contribution in [2.75, 3.05) is 6.54 Å². The summed E-state index contributed by atoms with van der Waals surface area (Å²) in [7, 11) is 0. The van der Waals surface area contributed by atoms with Crippen molar-refractivity contribution in [3.8, 4) is 0 Å². The number of nitrogens with zero attached hydrogens (tertiary/aromatic N) is 1. The van der Waals surface area contributed by atoms with E-state index in [1.54, 1.807) is 12.3 Å². The maximum Gasteiger partial charge on any atom is 0.220 e. The van der Waals surface area contributed by atoms with Crippen molar-refractivity contribution in [2.45, 2.75) is 44.4 Å². The Bertz CT molecular complexity index is 589. The summed E-state index contributed by atoms with van der Waals surface area (Å²) in [5.41, 5.74) is 1.34. The Hall–Kier alpha value is -2.10. The van der Waals surface area contributed by atoms with Gasteiger partial charge in [0.1, 0.15) is 5.76 Å². The highest BCUT2D eigenvalue weighted by Crippen LogP contribution is 2.36. The van der Waals surface area contributed by atoms with Crippen molar-refractivity contribution >= 4 is 5.91 Å². The predicted octanol–water partition coefficient (Wildman–Crippen LogP) is 3.70. The van der Waals surface area contributed by atoms with Gasteiger partial charge in [0.2, 0.25) is 5.91 Å². The van der Waals surface area contributed by atoms with Crippen LogP contribution in [0.4, 0.5) is 0 Å². The topological polar surface area (TPSA) is 55.1 Å². The molecule has 3 rings (SSSR count). The van der Waals surface area contributed by atoms with Crippen molar-refractivity contribution in [1.82, 2.24) is 10.5 Å². The zero-order valence-electron chi connectivity index (χ0n) is 13.4. The quantitative estimate of drug-likeness (QED) is 0.848. The number of carbonyl (C=O) groups is 1. The SMILES string of the molecule is O=C(CCc1ccno1)NCC(c1ccccc1)C1CCCC1. The number of aryl methyl sites for hydroxylation is 1. The first-order valence-electron chi connectivity index (χ1n) is 8.54. The smallest absolute Gasteiger partial charge is 0.220 e. The Kier molecular flexibility index (Phi) is 5.46. The molecule has 2 aromatic rings. The molecular weight excluding hydrogens is 288 g/mol. The number of nitrogens with one attached hydrogen (secondary N) is 1. The van der Waals surface area contributed by atoms with Crippen LogP contribution in [0.15, 0.2) is 47.1 Å². The summed E-state index contributed by atoms with van der Waals surface area (Å²) in [6.45, 7) is 0.726. The van der Waals surface area contributed by atoms with Gasteiger partial charge in [0.05, 0.1) is 6.20 Å². The number of carbonyl (C=O) groups excluding carboxylic acids is 1. The van der Waals surface area contributed by atoms with E-state index in [9.17, 15) is 4.79 Å². The van der Waals surface area contributed by atoms with Crippen LogP contribution in [0.2, 0.25) is 0 Å². The van der Waals surface area contributed by atoms with E-state index in [2.05, 4.69) is 34.7 Å². The van der Waals surface area contributed by atoms with Crippen molar-refractivity contribution < 1.29 is 9.32 Å². The van der Waals surface area contributed by atoms with E-state index in [0.29, 0.717) is 24.7 Å². The number of hydrogen-bond acceptors (Lipinski definition) is 3. The minimum Gasteiger partial charge on any atom is -0.361 e. The molecule has 1 unspecified atom stereocenters. The Balaban J connectivity index is 1.54. The maximum absolute atomic E-state index is 12.1. The average molecular weight is 312 g/mol. The lowest BCUT2D eigenvalue weighted by Crippen LogP contribution is -2.31. The molecular formula is C19H24N2O2. The summed E-state index contributed by atoms with van der Waals surface area (Å²) in [5, 5.41) is 6.78. The van der Waals surface area contributed by atoms with Crippen molar-refractivity contribution in [1.29, 1.82) is 0 Å². The van der Waals surface area contributed by atoms with Crippen LogP contribution in [0, 0.1) is 5.92 Å². The van der Waals surface area contributed by atoms with E-state index in [1.807, 2.05) is 6.07 Å². The first-order chi connectivity index (χ1) is 11.3. The second kappa shape index (κ2) is 7.95. The third-order valence-electron chi connectivity index (χ3n) is 4.81. The Labute approximate surface area is 137 Å². The van der Waals surface area contributed by atoms with Crippen LogP contribution < -0.4 is 5.32 Å². The lowest BCUT2D eigenvalue weighted by Gasteiger charge is -2.24. The molecule has 1 N–H and O–H groups in total. The molecule has 0 spiro atoms. The normalized spacial score (nSPS) is 16.3. The van der Waals surface area contributed by atoms with Crippen molar-refractivity contribution in [3.63, 3.8) is 0 Å². The number of rotatable bonds is 7. The largest absolute Gasteiger partial charge is 0.361 e. The lowest BCUT2D eigenvalue weighted by molar-refractivity contribution is -0.121. The van der Waals surface area contributed by atoms with E-state index in [0.717, 1.165) is 12.3 Å². The number of hydrogen-bond donors (Lipinski definition) is 1. The molecule has 1 aromatic carbocycles. The third kappa shape index (κ3) is 4.44. The molecule has 1 fully saturated rings. The number of amides is 1. The molecule has 0 radical (unpaired) electrons. The zero-order chi connectivity index (χ0) is 15.9. The predicted molar refractivity (Wildman–Crippen MR) is 89.0 cm³/mol. The molecule has 0 bridgehead atoms. The van der Waals surface area contributed by atoms with Gasteiger partial charge in [-0.3, -0.25) is 4.79 Å². The van der Waals surface area contributed by atoms with Crippen LogP contribution in [0.1, 0.15) is 49.3 Å². The van der Waals surface area contributed by atoms with Gasteiger partial charge in [-0.15, -0.1) is 0 Å². The van der Waals surface area contributed by atoms with Gasteiger partial charge in [-0.05, 0) is 24.3 Å². The molecule has 4 heteroatoms. The second-order valence-electron chi connectivity index (χ2n) is 6.34. The summed E-state index contributed by atoms with van der Waals surface area (Å²) in [6.07, 6.45) is 7.83. The van der Waals surface area contributed by atoms with E-state index < -0.39 is 0 Å². The van der Waals surface area contributed by atoms with Gasteiger partial charge in [0.25, 0.3) is 0 Å². The highest BCUT2D eigenvalue weighted by atomic mass is 16.5. The number of aromatic nitrogens is 1. The summed E-state index contributed by atoms with van der Waals surface area (Å²) < 4.78 is 5.03. The molecule has 1 saturated carbocycles. The third-order valence-corrected chi connectivity index (χ3v) is 4.81. The fourth-order valence-electron chi connectivity index (χ4n) is 3.54. The fourth-order valence-corrected chi connectivity index (χ4v) is 3.54. The monoisotopic (exact) mass is 312 g/mol. The van der Waals surface area contributed by atoms with E-state index in [-0.39, 0.29) is 5.91 Å². The molecule has 1 atom stereocenters. The number of benzene rings is 1. The van der Waals surface area contributed by atoms with E-state index >= 15 is 0 Å². The molecule has 0 aliphatic heterocycles. The summed E-state index contributed by atoms with van der Waals surface area (Å²) in [6, 6.07) is 12.4. The molecule has 4 nitrogen and oxygen atoms in total. The highest BCUT2D eigenvalue weighted by molar-refractivity contribution is 5.76. The van der Waals surface area contributed by atoms with Crippen LogP contribution in [0.25, 0.3) is 0 Å². The van der Waals surface area contributed by atoms with Crippen LogP contribution >= 0.6 is 0 Å². The maximum atomic E-state index is 12.1.